The number of benzene rings is 1. The summed E-state index contributed by atoms with van der Waals surface area (Å²) in [4.78, 5) is 39.2. The van der Waals surface area contributed by atoms with Gasteiger partial charge in [-0.05, 0) is 76.0 Å². The van der Waals surface area contributed by atoms with Gasteiger partial charge >= 0.3 is 6.09 Å². The molecule has 0 bridgehead atoms. The van der Waals surface area contributed by atoms with Crippen LogP contribution in [0.25, 0.3) is 0 Å². The number of piperidine rings is 1. The first-order chi connectivity index (χ1) is 19.0. The molecule has 0 atom stereocenters. The van der Waals surface area contributed by atoms with Gasteiger partial charge < -0.3 is 29.9 Å². The van der Waals surface area contributed by atoms with Crippen LogP contribution in [0.1, 0.15) is 68.8 Å². The van der Waals surface area contributed by atoms with Gasteiger partial charge in [0.1, 0.15) is 22.7 Å². The Balaban J connectivity index is 1.27. The third-order valence-corrected chi connectivity index (χ3v) is 8.15. The third kappa shape index (κ3) is 6.71. The average Bonchev–Trinajstić information content (AvgIpc) is 3.54. The normalized spacial score (nSPS) is 18.5. The number of carbonyl (C=O) groups is 2. The second kappa shape index (κ2) is 11.3. The highest BCUT2D eigenvalue weighted by atomic mass is 35.5. The monoisotopic (exact) mass is 570 g/mol. The van der Waals surface area contributed by atoms with Crippen LogP contribution in [0.2, 0.25) is 5.02 Å². The lowest BCUT2D eigenvalue weighted by molar-refractivity contribution is 0.0199. The number of rotatable bonds is 7. The van der Waals surface area contributed by atoms with Crippen LogP contribution in [-0.4, -0.2) is 71.8 Å². The lowest BCUT2D eigenvalue weighted by Gasteiger charge is -2.33. The molecule has 3 fully saturated rings. The van der Waals surface area contributed by atoms with Gasteiger partial charge in [0.25, 0.3) is 5.91 Å². The number of aromatic nitrogens is 2. The van der Waals surface area contributed by atoms with Crippen molar-refractivity contribution < 1.29 is 19.1 Å². The van der Waals surface area contributed by atoms with Crippen LogP contribution < -0.4 is 20.3 Å². The minimum atomic E-state index is -0.539. The van der Waals surface area contributed by atoms with E-state index in [2.05, 4.69) is 20.5 Å². The van der Waals surface area contributed by atoms with Crippen molar-refractivity contribution in [3.8, 4) is 5.75 Å². The van der Waals surface area contributed by atoms with Gasteiger partial charge in [0.05, 0.1) is 12.1 Å². The fourth-order valence-corrected chi connectivity index (χ4v) is 5.60. The number of amides is 2. The SMILES string of the molecule is COc1ccc(CNc2nc(N3CCC4(CC4)C3)ncc2C(=O)NC2CCN(C(=O)OC(C)(C)C)CC2)cc1Cl. The van der Waals surface area contributed by atoms with E-state index >= 15 is 0 Å². The lowest BCUT2D eigenvalue weighted by Crippen LogP contribution is -2.47. The lowest BCUT2D eigenvalue weighted by atomic mass is 10.0. The molecule has 2 N–H and O–H groups in total. The van der Waals surface area contributed by atoms with Crippen molar-refractivity contribution in [2.24, 2.45) is 5.41 Å². The molecule has 0 unspecified atom stereocenters. The van der Waals surface area contributed by atoms with Crippen molar-refractivity contribution >= 4 is 35.4 Å². The van der Waals surface area contributed by atoms with E-state index in [-0.39, 0.29) is 18.0 Å². The molecule has 2 aromatic rings. The van der Waals surface area contributed by atoms with Crippen LogP contribution in [0.5, 0.6) is 5.75 Å². The molecule has 2 amide bonds. The molecule has 3 aliphatic rings. The highest BCUT2D eigenvalue weighted by Gasteiger charge is 2.48. The zero-order valence-electron chi connectivity index (χ0n) is 23.8. The summed E-state index contributed by atoms with van der Waals surface area (Å²) >= 11 is 6.33. The first kappa shape index (κ1) is 28.3. The Morgan fingerprint density at radius 3 is 2.52 bits per heavy atom. The molecule has 3 heterocycles. The highest BCUT2D eigenvalue weighted by molar-refractivity contribution is 6.32. The first-order valence-electron chi connectivity index (χ1n) is 14.0. The summed E-state index contributed by atoms with van der Waals surface area (Å²) in [5.41, 5.74) is 1.22. The topological polar surface area (TPSA) is 109 Å². The number of anilines is 2. The molecule has 5 rings (SSSR count). The molecule has 1 aliphatic carbocycles. The van der Waals surface area contributed by atoms with Crippen LogP contribution >= 0.6 is 11.6 Å². The summed E-state index contributed by atoms with van der Waals surface area (Å²) in [5.74, 6) is 1.49. The first-order valence-corrected chi connectivity index (χ1v) is 14.4. The fourth-order valence-electron chi connectivity index (χ4n) is 5.32. The number of likely N-dealkylation sites (tertiary alicyclic amines) is 1. The fraction of sp³-hybridized carbons (Fsp3) is 0.586. The van der Waals surface area contributed by atoms with E-state index in [1.165, 1.54) is 12.8 Å². The maximum atomic E-state index is 13.4. The van der Waals surface area contributed by atoms with Crippen LogP contribution in [0.3, 0.4) is 0 Å². The molecule has 216 valence electrons. The number of hydrogen-bond acceptors (Lipinski definition) is 8. The summed E-state index contributed by atoms with van der Waals surface area (Å²) in [6.45, 7) is 8.93. The number of halogens is 1. The Morgan fingerprint density at radius 2 is 1.90 bits per heavy atom. The molecule has 1 aromatic carbocycles. The van der Waals surface area contributed by atoms with E-state index in [1.54, 1.807) is 18.2 Å². The van der Waals surface area contributed by atoms with E-state index in [9.17, 15) is 9.59 Å². The quantitative estimate of drug-likeness (QED) is 0.485. The molecule has 0 radical (unpaired) electrons. The average molecular weight is 571 g/mol. The van der Waals surface area contributed by atoms with Gasteiger partial charge in [-0.3, -0.25) is 4.79 Å². The van der Waals surface area contributed by atoms with Gasteiger partial charge in [-0.15, -0.1) is 0 Å². The van der Waals surface area contributed by atoms with E-state index in [4.69, 9.17) is 26.1 Å². The standard InChI is InChI=1S/C29H39ClN6O4/c1-28(2,3)40-27(38)35-12-7-20(8-13-35)33-25(37)21-17-32-26(36-14-11-29(18-36)9-10-29)34-24(21)31-16-19-5-6-23(39-4)22(30)15-19/h5-6,15,17,20H,7-14,16,18H2,1-4H3,(H,33,37)(H,31,32,34). The van der Waals surface area contributed by atoms with Crippen LogP contribution in [0, 0.1) is 5.41 Å². The van der Waals surface area contributed by atoms with Gasteiger partial charge in [0.2, 0.25) is 5.95 Å². The van der Waals surface area contributed by atoms with Crippen molar-refractivity contribution in [2.75, 3.05) is 43.5 Å². The van der Waals surface area contributed by atoms with Crippen molar-refractivity contribution in [1.82, 2.24) is 20.2 Å². The Hall–Kier alpha value is -3.27. The van der Waals surface area contributed by atoms with E-state index in [1.807, 2.05) is 39.0 Å². The predicted octanol–water partition coefficient (Wildman–Crippen LogP) is 4.87. The van der Waals surface area contributed by atoms with Gasteiger partial charge in [0, 0.05) is 45.0 Å². The summed E-state index contributed by atoms with van der Waals surface area (Å²) in [6, 6.07) is 5.52. The third-order valence-electron chi connectivity index (χ3n) is 7.86. The van der Waals surface area contributed by atoms with Gasteiger partial charge in [-0.1, -0.05) is 17.7 Å². The van der Waals surface area contributed by atoms with E-state index in [0.29, 0.717) is 66.0 Å². The highest BCUT2D eigenvalue weighted by Crippen LogP contribution is 2.53. The number of methoxy groups -OCH3 is 1. The molecule has 1 spiro atoms. The largest absolute Gasteiger partial charge is 0.495 e. The summed E-state index contributed by atoms with van der Waals surface area (Å²) in [6.07, 6.45) is 6.28. The van der Waals surface area contributed by atoms with E-state index < -0.39 is 5.60 Å². The number of carbonyl (C=O) groups excluding carboxylic acids is 2. The second-order valence-electron chi connectivity index (χ2n) is 12.1. The summed E-state index contributed by atoms with van der Waals surface area (Å²) in [7, 11) is 1.58. The van der Waals surface area contributed by atoms with Gasteiger partial charge in [-0.2, -0.15) is 4.98 Å². The van der Waals surface area contributed by atoms with Gasteiger partial charge in [0.15, 0.2) is 0 Å². The van der Waals surface area contributed by atoms with Crippen LogP contribution in [0.4, 0.5) is 16.6 Å². The summed E-state index contributed by atoms with van der Waals surface area (Å²) in [5, 5.41) is 7.00. The second-order valence-corrected chi connectivity index (χ2v) is 12.5. The minimum absolute atomic E-state index is 0.0626. The van der Waals surface area contributed by atoms with Crippen molar-refractivity contribution in [1.29, 1.82) is 0 Å². The predicted molar refractivity (Wildman–Crippen MR) is 154 cm³/mol. The molecule has 10 nitrogen and oxygen atoms in total. The number of nitrogens with one attached hydrogen (secondary N) is 2. The smallest absolute Gasteiger partial charge is 0.410 e. The molecular formula is C29H39ClN6O4. The zero-order chi connectivity index (χ0) is 28.5. The minimum Gasteiger partial charge on any atom is -0.495 e. The Kier molecular flexibility index (Phi) is 7.99. The molecule has 40 heavy (non-hydrogen) atoms. The molecule has 2 saturated heterocycles. The molecular weight excluding hydrogens is 532 g/mol. The summed E-state index contributed by atoms with van der Waals surface area (Å²) < 4.78 is 10.7. The molecule has 1 aromatic heterocycles. The maximum Gasteiger partial charge on any atom is 0.410 e. The molecule has 1 saturated carbocycles. The van der Waals surface area contributed by atoms with E-state index in [0.717, 1.165) is 25.1 Å². The molecule has 11 heteroatoms. The van der Waals surface area contributed by atoms with Gasteiger partial charge in [-0.25, -0.2) is 9.78 Å². The number of nitrogens with zero attached hydrogens (tertiary/aromatic N) is 4. The number of hydrogen-bond donors (Lipinski definition) is 2. The van der Waals surface area contributed by atoms with Crippen molar-refractivity contribution in [3.05, 3.63) is 40.5 Å². The Bertz CT molecular complexity index is 1250. The van der Waals surface area contributed by atoms with Crippen molar-refractivity contribution in [3.63, 3.8) is 0 Å². The van der Waals surface area contributed by atoms with Crippen LogP contribution in [-0.2, 0) is 11.3 Å². The Labute approximate surface area is 240 Å². The Morgan fingerprint density at radius 1 is 1.15 bits per heavy atom. The number of ether oxygens (including phenoxy) is 2. The molecule has 2 aliphatic heterocycles. The van der Waals surface area contributed by atoms with Crippen molar-refractivity contribution in [2.45, 2.75) is 71.1 Å². The zero-order valence-corrected chi connectivity index (χ0v) is 24.5. The van der Waals surface area contributed by atoms with Crippen LogP contribution in [0.15, 0.2) is 24.4 Å². The maximum absolute atomic E-state index is 13.4.